The van der Waals surface area contributed by atoms with Crippen LogP contribution in [0, 0.1) is 5.92 Å². The number of carbonyl (C=O) groups is 5. The molecule has 1 aromatic rings. The van der Waals surface area contributed by atoms with Crippen molar-refractivity contribution in [3.8, 4) is 5.75 Å². The molecule has 0 radical (unpaired) electrons. The first-order valence-corrected chi connectivity index (χ1v) is 12.2. The maximum absolute atomic E-state index is 13.3. The van der Waals surface area contributed by atoms with E-state index in [0.717, 1.165) is 0 Å². The van der Waals surface area contributed by atoms with Crippen LogP contribution in [0.5, 0.6) is 5.75 Å². The van der Waals surface area contributed by atoms with Crippen molar-refractivity contribution in [2.24, 2.45) is 28.1 Å². The van der Waals surface area contributed by atoms with Gasteiger partial charge in [-0.25, -0.2) is 4.79 Å². The number of hydrogen-bond acceptors (Lipinski definition) is 8. The first kappa shape index (κ1) is 32.6. The summed E-state index contributed by atoms with van der Waals surface area (Å²) in [7, 11) is 0. The Kier molecular flexibility index (Phi) is 13.2. The highest BCUT2D eigenvalue weighted by molar-refractivity contribution is 5.94. The van der Waals surface area contributed by atoms with Gasteiger partial charge in [-0.1, -0.05) is 26.0 Å². The van der Waals surface area contributed by atoms with Gasteiger partial charge in [0.2, 0.25) is 17.7 Å². The molecule has 0 saturated carbocycles. The van der Waals surface area contributed by atoms with Gasteiger partial charge in [0.15, 0.2) is 5.96 Å². The fourth-order valence-corrected chi connectivity index (χ4v) is 3.34. The molecule has 12 N–H and O–H groups in total. The van der Waals surface area contributed by atoms with Crippen LogP contribution in [0.4, 0.5) is 0 Å². The number of carboxylic acids is 2. The molecule has 0 aliphatic heterocycles. The standard InChI is InChI=1S/C24H37N7O8/c1-12(2)19(25)22(37)30-16(10-13-5-7-14(32)8-6-13)21(36)29-15(4-3-9-28-24(26)27)20(35)31-17(23(38)39)11-18(33)34/h5-8,12,15-17,19,32H,3-4,9-11,25H2,1-2H3,(H,29,36)(H,30,37)(H,31,35)(H,33,34)(H,38,39)(H4,26,27,28). The second-order valence-electron chi connectivity index (χ2n) is 9.21. The van der Waals surface area contributed by atoms with Crippen LogP contribution < -0.4 is 33.2 Å². The first-order valence-electron chi connectivity index (χ1n) is 12.2. The van der Waals surface area contributed by atoms with Gasteiger partial charge in [0, 0.05) is 13.0 Å². The van der Waals surface area contributed by atoms with Gasteiger partial charge in [0.05, 0.1) is 12.5 Å². The molecule has 3 amide bonds. The fraction of sp³-hybridized carbons (Fsp3) is 0.500. The normalized spacial score (nSPS) is 13.8. The van der Waals surface area contributed by atoms with E-state index in [0.29, 0.717) is 5.56 Å². The van der Waals surface area contributed by atoms with Gasteiger partial charge in [-0.2, -0.15) is 0 Å². The zero-order valence-corrected chi connectivity index (χ0v) is 21.8. The summed E-state index contributed by atoms with van der Waals surface area (Å²) in [6.07, 6.45) is -0.760. The first-order chi connectivity index (χ1) is 18.2. The highest BCUT2D eigenvalue weighted by atomic mass is 16.4. The van der Waals surface area contributed by atoms with Crippen LogP contribution >= 0.6 is 0 Å². The summed E-state index contributed by atoms with van der Waals surface area (Å²) in [5.41, 5.74) is 17.1. The third kappa shape index (κ3) is 12.1. The number of hydrogen-bond donors (Lipinski definition) is 9. The van der Waals surface area contributed by atoms with E-state index in [-0.39, 0.29) is 43.4 Å². The Morgan fingerprint density at radius 3 is 1.92 bits per heavy atom. The molecule has 0 fully saturated rings. The zero-order chi connectivity index (χ0) is 29.7. The minimum Gasteiger partial charge on any atom is -0.508 e. The molecule has 15 heteroatoms. The summed E-state index contributed by atoms with van der Waals surface area (Å²) in [6, 6.07) is 0.713. The largest absolute Gasteiger partial charge is 0.508 e. The Bertz CT molecular complexity index is 1040. The molecule has 39 heavy (non-hydrogen) atoms. The van der Waals surface area contributed by atoms with E-state index in [1.165, 1.54) is 12.1 Å². The number of benzene rings is 1. The van der Waals surface area contributed by atoms with E-state index in [1.54, 1.807) is 26.0 Å². The highest BCUT2D eigenvalue weighted by Gasteiger charge is 2.31. The Labute approximate surface area is 225 Å². The highest BCUT2D eigenvalue weighted by Crippen LogP contribution is 2.12. The average molecular weight is 552 g/mol. The van der Waals surface area contributed by atoms with E-state index in [2.05, 4.69) is 20.9 Å². The summed E-state index contributed by atoms with van der Waals surface area (Å²) >= 11 is 0. The van der Waals surface area contributed by atoms with E-state index >= 15 is 0 Å². The average Bonchev–Trinajstić information content (AvgIpc) is 2.84. The lowest BCUT2D eigenvalue weighted by Gasteiger charge is -2.25. The summed E-state index contributed by atoms with van der Waals surface area (Å²) < 4.78 is 0. The Hall–Kier alpha value is -4.40. The van der Waals surface area contributed by atoms with Crippen molar-refractivity contribution in [1.29, 1.82) is 0 Å². The molecule has 1 aromatic carbocycles. The summed E-state index contributed by atoms with van der Waals surface area (Å²) in [6.45, 7) is 3.55. The quantitative estimate of drug-likeness (QED) is 0.0614. The Morgan fingerprint density at radius 1 is 0.872 bits per heavy atom. The molecule has 4 unspecified atom stereocenters. The Balaban J connectivity index is 3.20. The van der Waals surface area contributed by atoms with Gasteiger partial charge in [-0.05, 0) is 36.5 Å². The number of aromatic hydroxyl groups is 1. The number of nitrogens with two attached hydrogens (primary N) is 3. The van der Waals surface area contributed by atoms with E-state index in [9.17, 15) is 34.2 Å². The predicted octanol–water partition coefficient (Wildman–Crippen LogP) is -2.01. The number of phenolic OH excluding ortho intramolecular Hbond substituents is 1. The lowest BCUT2D eigenvalue weighted by Crippen LogP contribution is -2.58. The maximum Gasteiger partial charge on any atom is 0.326 e. The van der Waals surface area contributed by atoms with Crippen molar-refractivity contribution in [3.05, 3.63) is 29.8 Å². The molecular formula is C24H37N7O8. The van der Waals surface area contributed by atoms with Gasteiger partial charge < -0.3 is 48.5 Å². The summed E-state index contributed by atoms with van der Waals surface area (Å²) in [5.74, 6) is -5.78. The van der Waals surface area contributed by atoms with Crippen molar-refractivity contribution < 1.29 is 39.3 Å². The van der Waals surface area contributed by atoms with Crippen LogP contribution in [0.2, 0.25) is 0 Å². The Morgan fingerprint density at radius 2 is 1.41 bits per heavy atom. The lowest BCUT2D eigenvalue weighted by molar-refractivity contribution is -0.147. The number of rotatable bonds is 16. The second-order valence-corrected chi connectivity index (χ2v) is 9.21. The molecule has 0 spiro atoms. The van der Waals surface area contributed by atoms with Crippen molar-refractivity contribution >= 4 is 35.6 Å². The molecule has 0 aliphatic rings. The van der Waals surface area contributed by atoms with Gasteiger partial charge in [0.1, 0.15) is 23.9 Å². The SMILES string of the molecule is CC(C)C(N)C(=O)NC(Cc1ccc(O)cc1)C(=O)NC(CCCN=C(N)N)C(=O)NC(CC(=O)O)C(=O)O. The number of nitrogens with one attached hydrogen (secondary N) is 3. The van der Waals surface area contributed by atoms with Crippen LogP contribution in [0.3, 0.4) is 0 Å². The smallest absolute Gasteiger partial charge is 0.326 e. The maximum atomic E-state index is 13.3. The molecule has 1 rings (SSSR count). The number of carbonyl (C=O) groups excluding carboxylic acids is 3. The van der Waals surface area contributed by atoms with Crippen LogP contribution in [0.25, 0.3) is 0 Å². The van der Waals surface area contributed by atoms with Crippen molar-refractivity contribution in [2.45, 2.75) is 63.7 Å². The third-order valence-corrected chi connectivity index (χ3v) is 5.60. The predicted molar refractivity (Wildman–Crippen MR) is 140 cm³/mol. The molecule has 0 bridgehead atoms. The molecule has 4 atom stereocenters. The molecule has 0 saturated heterocycles. The molecule has 15 nitrogen and oxygen atoms in total. The molecule has 0 aliphatic carbocycles. The third-order valence-electron chi connectivity index (χ3n) is 5.60. The molecule has 0 aromatic heterocycles. The minimum atomic E-state index is -1.75. The minimum absolute atomic E-state index is 0.00234. The van der Waals surface area contributed by atoms with E-state index < -0.39 is 60.2 Å². The van der Waals surface area contributed by atoms with Crippen molar-refractivity contribution in [2.75, 3.05) is 6.54 Å². The van der Waals surface area contributed by atoms with Crippen LogP contribution in [-0.4, -0.2) is 81.7 Å². The number of amides is 3. The van der Waals surface area contributed by atoms with Gasteiger partial charge in [-0.3, -0.25) is 24.2 Å². The number of aliphatic carboxylic acids is 2. The lowest BCUT2D eigenvalue weighted by atomic mass is 10.0. The molecule has 0 heterocycles. The number of nitrogens with zero attached hydrogens (tertiary/aromatic N) is 1. The topological polar surface area (TPSA) is 273 Å². The fourth-order valence-electron chi connectivity index (χ4n) is 3.34. The van der Waals surface area contributed by atoms with E-state index in [4.69, 9.17) is 22.3 Å². The molecule has 216 valence electrons. The number of carboxylic acid groups (broad SMARTS) is 2. The summed E-state index contributed by atoms with van der Waals surface area (Å²) in [4.78, 5) is 65.2. The van der Waals surface area contributed by atoms with Gasteiger partial charge >= 0.3 is 11.9 Å². The monoisotopic (exact) mass is 551 g/mol. The summed E-state index contributed by atoms with van der Waals surface area (Å²) in [5, 5.41) is 35.0. The van der Waals surface area contributed by atoms with Crippen LogP contribution in [-0.2, 0) is 30.4 Å². The van der Waals surface area contributed by atoms with E-state index in [1.807, 2.05) is 0 Å². The molecular weight excluding hydrogens is 514 g/mol. The van der Waals surface area contributed by atoms with Gasteiger partial charge in [0.25, 0.3) is 0 Å². The van der Waals surface area contributed by atoms with Crippen LogP contribution in [0.15, 0.2) is 29.3 Å². The number of aliphatic imine (C=N–C) groups is 1. The second kappa shape index (κ2) is 15.8. The number of guanidine groups is 1. The van der Waals surface area contributed by atoms with Crippen molar-refractivity contribution in [3.63, 3.8) is 0 Å². The zero-order valence-electron chi connectivity index (χ0n) is 21.8. The van der Waals surface area contributed by atoms with Gasteiger partial charge in [-0.15, -0.1) is 0 Å². The van der Waals surface area contributed by atoms with Crippen molar-refractivity contribution in [1.82, 2.24) is 16.0 Å². The number of phenols is 1. The van der Waals surface area contributed by atoms with Crippen LogP contribution in [0.1, 0.15) is 38.7 Å².